The van der Waals surface area contributed by atoms with Crippen LogP contribution in [0.4, 0.5) is 10.3 Å². The van der Waals surface area contributed by atoms with Gasteiger partial charge in [0.25, 0.3) is 0 Å². The van der Waals surface area contributed by atoms with E-state index in [0.717, 1.165) is 12.6 Å². The number of hydrogen-bond donors (Lipinski definition) is 1. The lowest BCUT2D eigenvalue weighted by Crippen LogP contribution is -2.41. The van der Waals surface area contributed by atoms with E-state index in [-0.39, 0.29) is 17.6 Å². The third-order valence-electron chi connectivity index (χ3n) is 5.62. The van der Waals surface area contributed by atoms with Crippen molar-refractivity contribution >= 4 is 43.2 Å². The van der Waals surface area contributed by atoms with Gasteiger partial charge in [-0.3, -0.25) is 9.29 Å². The van der Waals surface area contributed by atoms with Crippen LogP contribution in [-0.4, -0.2) is 57.6 Å². The Morgan fingerprint density at radius 1 is 1.16 bits per heavy atom. The number of benzene rings is 1. The minimum atomic E-state index is -4.40. The number of aryl methyl sites for hydroxylation is 1. The molecule has 0 saturated carbocycles. The maximum atomic E-state index is 15.8. The highest BCUT2D eigenvalue weighted by Gasteiger charge is 2.45. The molecule has 0 fully saturated rings. The standard InChI is InChI=1S/C22H23BrFN7O4S2/c1-12-11-36-19(27-12)18-28-29-21(31(18)17-15(34-4)7-6-8-16(17)35-5)30-37(32,33)13(2)22(3,24)20-25-9-14(23)10-26-20/h6-11,13H,1-5H3,(H,29,30)/t13-,22+/m1/s1. The molecule has 4 aromatic rings. The number of para-hydroxylation sites is 1. The van der Waals surface area contributed by atoms with E-state index in [0.29, 0.717) is 26.7 Å². The summed E-state index contributed by atoms with van der Waals surface area (Å²) in [6, 6.07) is 5.08. The van der Waals surface area contributed by atoms with Crippen molar-refractivity contribution in [2.24, 2.45) is 0 Å². The second-order valence-electron chi connectivity index (χ2n) is 8.08. The van der Waals surface area contributed by atoms with Crippen molar-refractivity contribution in [3.8, 4) is 28.0 Å². The zero-order chi connectivity index (χ0) is 27.0. The molecule has 0 amide bonds. The number of methoxy groups -OCH3 is 2. The fraction of sp³-hybridized carbons (Fsp3) is 0.318. The monoisotopic (exact) mass is 611 g/mol. The Kier molecular flexibility index (Phi) is 7.48. The number of ether oxygens (including phenoxy) is 2. The van der Waals surface area contributed by atoms with Gasteiger partial charge in [-0.2, -0.15) is 0 Å². The van der Waals surface area contributed by atoms with Gasteiger partial charge in [0.15, 0.2) is 22.3 Å². The molecule has 0 spiro atoms. The molecule has 0 unspecified atom stereocenters. The molecule has 3 heterocycles. The first kappa shape index (κ1) is 26.9. The van der Waals surface area contributed by atoms with Crippen LogP contribution in [0.2, 0.25) is 0 Å². The number of halogens is 2. The molecular weight excluding hydrogens is 589 g/mol. The summed E-state index contributed by atoms with van der Waals surface area (Å²) >= 11 is 4.49. The van der Waals surface area contributed by atoms with Crippen LogP contribution in [0, 0.1) is 6.92 Å². The molecule has 15 heteroatoms. The molecule has 1 N–H and O–H groups in total. The molecule has 0 aliphatic rings. The molecule has 196 valence electrons. The van der Waals surface area contributed by atoms with E-state index in [1.54, 1.807) is 18.2 Å². The predicted molar refractivity (Wildman–Crippen MR) is 141 cm³/mol. The molecule has 3 aromatic heterocycles. The van der Waals surface area contributed by atoms with E-state index in [1.165, 1.54) is 49.4 Å². The van der Waals surface area contributed by atoms with Gasteiger partial charge in [-0.15, -0.1) is 21.5 Å². The minimum Gasteiger partial charge on any atom is -0.494 e. The summed E-state index contributed by atoms with van der Waals surface area (Å²) in [4.78, 5) is 12.4. The van der Waals surface area contributed by atoms with E-state index in [1.807, 2.05) is 12.3 Å². The maximum absolute atomic E-state index is 15.8. The van der Waals surface area contributed by atoms with E-state index in [2.05, 4.69) is 45.8 Å². The van der Waals surface area contributed by atoms with Crippen molar-refractivity contribution in [2.45, 2.75) is 31.7 Å². The summed E-state index contributed by atoms with van der Waals surface area (Å²) in [5.74, 6) is 0.484. The van der Waals surface area contributed by atoms with Crippen LogP contribution in [-0.2, 0) is 15.7 Å². The number of thiazole rings is 1. The average Bonchev–Trinajstić information content (AvgIpc) is 3.48. The Labute approximate surface area is 225 Å². The Bertz CT molecular complexity index is 1500. The molecule has 11 nitrogen and oxygen atoms in total. The first-order valence-electron chi connectivity index (χ1n) is 10.8. The average molecular weight is 613 g/mol. The Morgan fingerprint density at radius 2 is 1.78 bits per heavy atom. The van der Waals surface area contributed by atoms with Gasteiger partial charge in [-0.25, -0.2) is 27.8 Å². The molecule has 1 aromatic carbocycles. The van der Waals surface area contributed by atoms with E-state index < -0.39 is 20.9 Å². The molecule has 0 saturated heterocycles. The van der Waals surface area contributed by atoms with Crippen molar-refractivity contribution in [3.05, 3.63) is 52.0 Å². The van der Waals surface area contributed by atoms with Crippen molar-refractivity contribution in [3.63, 3.8) is 0 Å². The third kappa shape index (κ3) is 5.15. The van der Waals surface area contributed by atoms with Gasteiger partial charge in [0.1, 0.15) is 22.4 Å². The van der Waals surface area contributed by atoms with Gasteiger partial charge in [-0.05, 0) is 48.8 Å². The molecule has 0 aliphatic carbocycles. The fourth-order valence-electron chi connectivity index (χ4n) is 3.46. The number of nitrogens with one attached hydrogen (secondary N) is 1. The number of hydrogen-bond acceptors (Lipinski definition) is 10. The van der Waals surface area contributed by atoms with Gasteiger partial charge in [0, 0.05) is 23.5 Å². The lowest BCUT2D eigenvalue weighted by Gasteiger charge is -2.26. The summed E-state index contributed by atoms with van der Waals surface area (Å²) in [5.41, 5.74) is -1.35. The number of sulfonamides is 1. The SMILES string of the molecule is COc1cccc(OC)c1-n1c(NS(=O)(=O)[C@H](C)[C@](C)(F)c2ncc(Br)cn2)nnc1-c1nc(C)cs1. The maximum Gasteiger partial charge on any atom is 0.243 e. The van der Waals surface area contributed by atoms with Crippen LogP contribution >= 0.6 is 27.3 Å². The smallest absolute Gasteiger partial charge is 0.243 e. The summed E-state index contributed by atoms with van der Waals surface area (Å²) in [6.45, 7) is 4.16. The highest BCUT2D eigenvalue weighted by molar-refractivity contribution is 9.10. The number of nitrogens with zero attached hydrogens (tertiary/aromatic N) is 6. The van der Waals surface area contributed by atoms with Crippen molar-refractivity contribution in [2.75, 3.05) is 18.9 Å². The van der Waals surface area contributed by atoms with Crippen LogP contribution in [0.3, 0.4) is 0 Å². The summed E-state index contributed by atoms with van der Waals surface area (Å²) in [6.07, 6.45) is 2.69. The van der Waals surface area contributed by atoms with Crippen molar-refractivity contribution < 1.29 is 22.3 Å². The van der Waals surface area contributed by atoms with Crippen LogP contribution in [0.5, 0.6) is 11.5 Å². The second kappa shape index (κ2) is 10.3. The summed E-state index contributed by atoms with van der Waals surface area (Å²) in [5, 5.41) is 8.97. The summed E-state index contributed by atoms with van der Waals surface area (Å²) < 4.78 is 58.2. The van der Waals surface area contributed by atoms with Gasteiger partial charge in [0.05, 0.1) is 18.7 Å². The largest absolute Gasteiger partial charge is 0.494 e. The van der Waals surface area contributed by atoms with Crippen LogP contribution in [0.15, 0.2) is 40.4 Å². The molecular formula is C22H23BrFN7O4S2. The van der Waals surface area contributed by atoms with Gasteiger partial charge >= 0.3 is 0 Å². The third-order valence-corrected chi connectivity index (χ3v) is 8.82. The van der Waals surface area contributed by atoms with E-state index >= 15 is 4.39 Å². The lowest BCUT2D eigenvalue weighted by atomic mass is 10.0. The number of aromatic nitrogens is 6. The topological polar surface area (TPSA) is 134 Å². The van der Waals surface area contributed by atoms with Crippen molar-refractivity contribution in [1.29, 1.82) is 0 Å². The second-order valence-corrected chi connectivity index (χ2v) is 11.9. The highest BCUT2D eigenvalue weighted by Crippen LogP contribution is 2.39. The fourth-order valence-corrected chi connectivity index (χ4v) is 5.69. The quantitative estimate of drug-likeness (QED) is 0.294. The summed E-state index contributed by atoms with van der Waals surface area (Å²) in [7, 11) is -1.47. The Morgan fingerprint density at radius 3 is 2.32 bits per heavy atom. The zero-order valence-corrected chi connectivity index (χ0v) is 23.6. The van der Waals surface area contributed by atoms with Gasteiger partial charge in [-0.1, -0.05) is 6.07 Å². The molecule has 2 atom stereocenters. The minimum absolute atomic E-state index is 0.204. The van der Waals surface area contributed by atoms with Crippen molar-refractivity contribution in [1.82, 2.24) is 29.7 Å². The van der Waals surface area contributed by atoms with Crippen LogP contribution < -0.4 is 14.2 Å². The number of rotatable bonds is 9. The first-order chi connectivity index (χ1) is 17.5. The number of alkyl halides is 1. The molecule has 0 radical (unpaired) electrons. The number of anilines is 1. The Balaban J connectivity index is 1.84. The Hall–Kier alpha value is -3.17. The van der Waals surface area contributed by atoms with Gasteiger partial charge in [0.2, 0.25) is 16.0 Å². The molecule has 37 heavy (non-hydrogen) atoms. The molecule has 0 bridgehead atoms. The first-order valence-corrected chi connectivity index (χ1v) is 14.0. The highest BCUT2D eigenvalue weighted by atomic mass is 79.9. The predicted octanol–water partition coefficient (Wildman–Crippen LogP) is 4.28. The van der Waals surface area contributed by atoms with Crippen LogP contribution in [0.1, 0.15) is 25.4 Å². The van der Waals surface area contributed by atoms with Crippen LogP contribution in [0.25, 0.3) is 16.5 Å². The van der Waals surface area contributed by atoms with E-state index in [9.17, 15) is 8.42 Å². The van der Waals surface area contributed by atoms with E-state index in [4.69, 9.17) is 9.47 Å². The normalized spacial score (nSPS) is 14.1. The van der Waals surface area contributed by atoms with Gasteiger partial charge < -0.3 is 9.47 Å². The lowest BCUT2D eigenvalue weighted by molar-refractivity contribution is 0.175. The molecule has 4 rings (SSSR count). The molecule has 0 aliphatic heterocycles. The zero-order valence-electron chi connectivity index (χ0n) is 20.4.